The lowest BCUT2D eigenvalue weighted by Crippen LogP contribution is -2.47. The van der Waals surface area contributed by atoms with Gasteiger partial charge in [0, 0.05) is 25.2 Å². The van der Waals surface area contributed by atoms with Gasteiger partial charge in [-0.1, -0.05) is 23.9 Å². The molecule has 2 aromatic rings. The average molecular weight is 431 g/mol. The number of rotatable bonds is 6. The fourth-order valence-electron chi connectivity index (χ4n) is 3.70. The van der Waals surface area contributed by atoms with E-state index >= 15 is 0 Å². The number of hydrogen-bond acceptors (Lipinski definition) is 6. The maximum atomic E-state index is 12.9. The highest BCUT2D eigenvalue weighted by Gasteiger charge is 2.29. The van der Waals surface area contributed by atoms with E-state index in [1.165, 1.54) is 11.8 Å². The number of amides is 2. The molecule has 2 fully saturated rings. The van der Waals surface area contributed by atoms with Crippen molar-refractivity contribution in [2.24, 2.45) is 0 Å². The van der Waals surface area contributed by atoms with Crippen LogP contribution in [0.1, 0.15) is 38.6 Å². The maximum Gasteiger partial charge on any atom is 0.409 e. The molecular formula is C21H26N4O4S. The number of thioether (sulfide) groups is 1. The molecule has 0 radical (unpaired) electrons. The second-order valence-corrected chi connectivity index (χ2v) is 8.58. The molecule has 0 spiro atoms. The van der Waals surface area contributed by atoms with Crippen molar-refractivity contribution in [2.75, 3.05) is 25.4 Å². The molecule has 1 saturated heterocycles. The fourth-order valence-corrected chi connectivity index (χ4v) is 4.58. The third-order valence-corrected chi connectivity index (χ3v) is 6.36. The quantitative estimate of drug-likeness (QED) is 0.559. The summed E-state index contributed by atoms with van der Waals surface area (Å²) in [6, 6.07) is 7.56. The maximum absolute atomic E-state index is 12.9. The van der Waals surface area contributed by atoms with Crippen LogP contribution in [0, 0.1) is 0 Å². The lowest BCUT2D eigenvalue weighted by Gasteiger charge is -2.31. The summed E-state index contributed by atoms with van der Waals surface area (Å²) in [6.45, 7) is 3.30. The molecule has 1 aliphatic heterocycles. The Morgan fingerprint density at radius 1 is 1.20 bits per heavy atom. The van der Waals surface area contributed by atoms with Gasteiger partial charge in [0.05, 0.1) is 23.3 Å². The number of likely N-dealkylation sites (tertiary alicyclic amines) is 1. The van der Waals surface area contributed by atoms with Gasteiger partial charge in [-0.05, 0) is 44.7 Å². The van der Waals surface area contributed by atoms with E-state index in [1.807, 2.05) is 18.2 Å². The predicted molar refractivity (Wildman–Crippen MR) is 115 cm³/mol. The molecule has 2 amide bonds. The molecule has 0 unspecified atom stereocenters. The zero-order valence-corrected chi connectivity index (χ0v) is 17.8. The van der Waals surface area contributed by atoms with Crippen molar-refractivity contribution in [3.8, 4) is 0 Å². The number of hydrogen-bond donors (Lipinski definition) is 1. The molecule has 1 aromatic carbocycles. The van der Waals surface area contributed by atoms with Crippen LogP contribution < -0.4 is 10.9 Å². The molecule has 2 heterocycles. The number of ether oxygens (including phenoxy) is 1. The summed E-state index contributed by atoms with van der Waals surface area (Å²) in [6.07, 6.45) is 3.06. The van der Waals surface area contributed by atoms with Crippen LogP contribution in [0.25, 0.3) is 10.9 Å². The van der Waals surface area contributed by atoms with Gasteiger partial charge in [0.25, 0.3) is 5.56 Å². The Bertz CT molecular complexity index is 996. The van der Waals surface area contributed by atoms with Crippen molar-refractivity contribution in [2.45, 2.75) is 49.8 Å². The molecular weight excluding hydrogens is 404 g/mol. The van der Waals surface area contributed by atoms with Crippen LogP contribution in [-0.2, 0) is 9.53 Å². The minimum absolute atomic E-state index is 0.0302. The normalized spacial score (nSPS) is 17.2. The van der Waals surface area contributed by atoms with Crippen LogP contribution in [0.15, 0.2) is 34.2 Å². The Morgan fingerprint density at radius 3 is 2.63 bits per heavy atom. The number of aromatic nitrogens is 2. The Hall–Kier alpha value is -2.55. The first-order valence-electron chi connectivity index (χ1n) is 10.4. The topological polar surface area (TPSA) is 93.5 Å². The van der Waals surface area contributed by atoms with Crippen molar-refractivity contribution in [1.82, 2.24) is 19.8 Å². The van der Waals surface area contributed by atoms with Crippen LogP contribution >= 0.6 is 11.8 Å². The van der Waals surface area contributed by atoms with Crippen LogP contribution in [0.5, 0.6) is 0 Å². The molecule has 0 atom stereocenters. The summed E-state index contributed by atoms with van der Waals surface area (Å²) in [5.41, 5.74) is 0.631. The number of nitrogens with one attached hydrogen (secondary N) is 1. The summed E-state index contributed by atoms with van der Waals surface area (Å²) in [5, 5.41) is 4.27. The lowest BCUT2D eigenvalue weighted by atomic mass is 10.1. The average Bonchev–Trinajstić information content (AvgIpc) is 3.58. The van der Waals surface area contributed by atoms with Gasteiger partial charge in [0.15, 0.2) is 5.16 Å². The van der Waals surface area contributed by atoms with Crippen molar-refractivity contribution in [3.63, 3.8) is 0 Å². The summed E-state index contributed by atoms with van der Waals surface area (Å²) in [4.78, 5) is 43.5. The van der Waals surface area contributed by atoms with E-state index in [0.29, 0.717) is 48.6 Å². The minimum Gasteiger partial charge on any atom is -0.450 e. The number of nitrogens with zero attached hydrogens (tertiary/aromatic N) is 3. The number of para-hydroxylation sites is 1. The summed E-state index contributed by atoms with van der Waals surface area (Å²) in [7, 11) is 0. The number of carbonyl (C=O) groups is 2. The van der Waals surface area contributed by atoms with Crippen molar-refractivity contribution < 1.29 is 14.3 Å². The summed E-state index contributed by atoms with van der Waals surface area (Å²) < 4.78 is 6.77. The van der Waals surface area contributed by atoms with Gasteiger partial charge in [-0.25, -0.2) is 9.78 Å². The second-order valence-electron chi connectivity index (χ2n) is 7.63. The largest absolute Gasteiger partial charge is 0.450 e. The van der Waals surface area contributed by atoms with E-state index in [1.54, 1.807) is 22.5 Å². The van der Waals surface area contributed by atoms with Crippen LogP contribution in [0.2, 0.25) is 0 Å². The Balaban J connectivity index is 1.36. The van der Waals surface area contributed by atoms with Gasteiger partial charge in [-0.2, -0.15) is 0 Å². The molecule has 8 nitrogen and oxygen atoms in total. The van der Waals surface area contributed by atoms with E-state index in [-0.39, 0.29) is 35.4 Å². The first kappa shape index (κ1) is 20.7. The highest BCUT2D eigenvalue weighted by molar-refractivity contribution is 7.99. The second kappa shape index (κ2) is 9.07. The third kappa shape index (κ3) is 4.61. The molecule has 4 rings (SSSR count). The number of fused-ring (bicyclic) bond motifs is 1. The van der Waals surface area contributed by atoms with E-state index in [4.69, 9.17) is 4.74 Å². The monoisotopic (exact) mass is 430 g/mol. The van der Waals surface area contributed by atoms with E-state index in [9.17, 15) is 14.4 Å². The van der Waals surface area contributed by atoms with E-state index < -0.39 is 0 Å². The molecule has 9 heteroatoms. The van der Waals surface area contributed by atoms with Gasteiger partial charge in [0.2, 0.25) is 5.91 Å². The van der Waals surface area contributed by atoms with Crippen LogP contribution in [0.4, 0.5) is 4.79 Å². The summed E-state index contributed by atoms with van der Waals surface area (Å²) in [5.74, 6) is 0.120. The minimum atomic E-state index is -0.293. The zero-order chi connectivity index (χ0) is 21.1. The Kier molecular flexibility index (Phi) is 6.26. The van der Waals surface area contributed by atoms with Crippen molar-refractivity contribution >= 4 is 34.7 Å². The van der Waals surface area contributed by atoms with E-state index in [2.05, 4.69) is 10.3 Å². The van der Waals surface area contributed by atoms with Gasteiger partial charge >= 0.3 is 6.09 Å². The highest BCUT2D eigenvalue weighted by Crippen LogP contribution is 2.36. The molecule has 0 bridgehead atoms. The number of carbonyl (C=O) groups excluding carboxylic acids is 2. The predicted octanol–water partition coefficient (Wildman–Crippen LogP) is 2.56. The standard InChI is InChI=1S/C21H26N4O4S/c1-2-29-21(28)24-11-9-14(10-12-24)22-18(26)13-30-20-23-17-6-4-3-5-16(17)19(27)25(20)15-7-8-15/h3-6,14-15H,2,7-13H2,1H3,(H,22,26). The lowest BCUT2D eigenvalue weighted by molar-refractivity contribution is -0.119. The first-order chi connectivity index (χ1) is 14.6. The smallest absolute Gasteiger partial charge is 0.409 e. The molecule has 1 aliphatic carbocycles. The first-order valence-corrected chi connectivity index (χ1v) is 11.4. The Morgan fingerprint density at radius 2 is 1.93 bits per heavy atom. The molecule has 1 N–H and O–H groups in total. The van der Waals surface area contributed by atoms with Gasteiger partial charge in [-0.3, -0.25) is 14.2 Å². The van der Waals surface area contributed by atoms with Gasteiger partial charge < -0.3 is 15.0 Å². The fraction of sp³-hybridized carbons (Fsp3) is 0.524. The number of piperidine rings is 1. The van der Waals surface area contributed by atoms with Gasteiger partial charge in [-0.15, -0.1) is 0 Å². The van der Waals surface area contributed by atoms with Gasteiger partial charge in [0.1, 0.15) is 0 Å². The molecule has 160 valence electrons. The van der Waals surface area contributed by atoms with Crippen LogP contribution in [-0.4, -0.2) is 57.9 Å². The number of benzene rings is 1. The van der Waals surface area contributed by atoms with Crippen molar-refractivity contribution in [1.29, 1.82) is 0 Å². The van der Waals surface area contributed by atoms with Crippen molar-refractivity contribution in [3.05, 3.63) is 34.6 Å². The Labute approximate surface area is 179 Å². The van der Waals surface area contributed by atoms with E-state index in [0.717, 1.165) is 12.8 Å². The zero-order valence-electron chi connectivity index (χ0n) is 17.0. The third-order valence-electron chi connectivity index (χ3n) is 5.41. The SMILES string of the molecule is CCOC(=O)N1CCC(NC(=O)CSc2nc3ccccc3c(=O)n2C2CC2)CC1. The molecule has 1 saturated carbocycles. The highest BCUT2D eigenvalue weighted by atomic mass is 32.2. The summed E-state index contributed by atoms with van der Waals surface area (Å²) >= 11 is 1.31. The molecule has 1 aromatic heterocycles. The molecule has 30 heavy (non-hydrogen) atoms. The molecule has 2 aliphatic rings. The van der Waals surface area contributed by atoms with Crippen LogP contribution in [0.3, 0.4) is 0 Å².